The lowest BCUT2D eigenvalue weighted by Gasteiger charge is -2.29. The number of halogens is 1. The largest absolute Gasteiger partial charge is 0.379 e. The molecule has 18 heavy (non-hydrogen) atoms. The Morgan fingerprint density at radius 3 is 2.56 bits per heavy atom. The summed E-state index contributed by atoms with van der Waals surface area (Å²) in [7, 11) is 3.72. The Labute approximate surface area is 118 Å². The quantitative estimate of drug-likeness (QED) is 0.875. The molecule has 0 aliphatic heterocycles. The van der Waals surface area contributed by atoms with Crippen LogP contribution < -0.4 is 5.32 Å². The number of hydrogen-bond donors (Lipinski definition) is 1. The zero-order valence-electron chi connectivity index (χ0n) is 12.1. The Kier molecular flexibility index (Phi) is 5.37. The summed E-state index contributed by atoms with van der Waals surface area (Å²) >= 11 is 3.59. The van der Waals surface area contributed by atoms with Crippen LogP contribution in [0.2, 0.25) is 0 Å². The Morgan fingerprint density at radius 2 is 2.11 bits per heavy atom. The summed E-state index contributed by atoms with van der Waals surface area (Å²) in [5.74, 6) is 0. The fraction of sp³-hybridized carbons (Fsp3) is 0.769. The summed E-state index contributed by atoms with van der Waals surface area (Å²) in [4.78, 5) is 0. The molecule has 1 heterocycles. The van der Waals surface area contributed by atoms with Gasteiger partial charge in [-0.3, -0.25) is 4.68 Å². The summed E-state index contributed by atoms with van der Waals surface area (Å²) in [5.41, 5.74) is 1.01. The van der Waals surface area contributed by atoms with Crippen molar-refractivity contribution in [3.8, 4) is 0 Å². The van der Waals surface area contributed by atoms with Crippen molar-refractivity contribution in [3.63, 3.8) is 0 Å². The van der Waals surface area contributed by atoms with Gasteiger partial charge < -0.3 is 10.1 Å². The van der Waals surface area contributed by atoms with Crippen molar-refractivity contribution in [1.82, 2.24) is 15.1 Å². The van der Waals surface area contributed by atoms with Gasteiger partial charge in [0.2, 0.25) is 0 Å². The maximum absolute atomic E-state index is 5.52. The molecule has 104 valence electrons. The standard InChI is InChI=1S/C13H24BrN3O/c1-9(2)17-12(10(14)8-16-17)11(15-5)7-13(3,4)18-6/h8-9,11,15H,7H2,1-6H3. The molecule has 0 saturated carbocycles. The monoisotopic (exact) mass is 317 g/mol. The van der Waals surface area contributed by atoms with Crippen LogP contribution in [0.25, 0.3) is 0 Å². The van der Waals surface area contributed by atoms with Crippen molar-refractivity contribution in [2.45, 2.75) is 51.8 Å². The van der Waals surface area contributed by atoms with Gasteiger partial charge in [0.05, 0.1) is 28.0 Å². The van der Waals surface area contributed by atoms with E-state index in [0.29, 0.717) is 6.04 Å². The lowest BCUT2D eigenvalue weighted by molar-refractivity contribution is 0.00660. The number of aromatic nitrogens is 2. The molecule has 5 heteroatoms. The molecule has 0 amide bonds. The highest BCUT2D eigenvalue weighted by atomic mass is 79.9. The first kappa shape index (κ1) is 15.7. The summed E-state index contributed by atoms with van der Waals surface area (Å²) in [6.07, 6.45) is 2.75. The first-order valence-electron chi connectivity index (χ1n) is 6.27. The third-order valence-corrected chi connectivity index (χ3v) is 3.81. The van der Waals surface area contributed by atoms with Crippen molar-refractivity contribution in [1.29, 1.82) is 0 Å². The minimum atomic E-state index is -0.167. The van der Waals surface area contributed by atoms with Crippen molar-refractivity contribution >= 4 is 15.9 Å². The molecule has 0 spiro atoms. The van der Waals surface area contributed by atoms with Gasteiger partial charge in [-0.15, -0.1) is 0 Å². The average molecular weight is 318 g/mol. The number of methoxy groups -OCH3 is 1. The van der Waals surface area contributed by atoms with E-state index >= 15 is 0 Å². The molecular weight excluding hydrogens is 294 g/mol. The van der Waals surface area contributed by atoms with Gasteiger partial charge in [-0.1, -0.05) is 0 Å². The van der Waals surface area contributed by atoms with Crippen molar-refractivity contribution < 1.29 is 4.74 Å². The van der Waals surface area contributed by atoms with E-state index in [9.17, 15) is 0 Å². The van der Waals surface area contributed by atoms with Crippen LogP contribution in [0, 0.1) is 0 Å². The van der Waals surface area contributed by atoms with E-state index in [1.165, 1.54) is 5.69 Å². The van der Waals surface area contributed by atoms with E-state index in [4.69, 9.17) is 4.74 Å². The first-order valence-corrected chi connectivity index (χ1v) is 7.07. The molecule has 1 N–H and O–H groups in total. The fourth-order valence-electron chi connectivity index (χ4n) is 2.00. The number of hydrogen-bond acceptors (Lipinski definition) is 3. The maximum atomic E-state index is 5.52. The van der Waals surface area contributed by atoms with Crippen LogP contribution in [0.5, 0.6) is 0 Å². The van der Waals surface area contributed by atoms with Gasteiger partial charge in [-0.25, -0.2) is 0 Å². The summed E-state index contributed by atoms with van der Waals surface area (Å²) < 4.78 is 8.62. The van der Waals surface area contributed by atoms with Gasteiger partial charge in [0.25, 0.3) is 0 Å². The van der Waals surface area contributed by atoms with Crippen molar-refractivity contribution in [3.05, 3.63) is 16.4 Å². The van der Waals surface area contributed by atoms with E-state index < -0.39 is 0 Å². The average Bonchev–Trinajstić information content (AvgIpc) is 2.68. The zero-order chi connectivity index (χ0) is 13.9. The van der Waals surface area contributed by atoms with E-state index in [1.807, 2.05) is 13.2 Å². The van der Waals surface area contributed by atoms with Gasteiger partial charge in [0, 0.05) is 13.2 Å². The molecule has 1 aromatic heterocycles. The Bertz CT molecular complexity index is 388. The highest BCUT2D eigenvalue weighted by Gasteiger charge is 2.27. The predicted octanol–water partition coefficient (Wildman–Crippen LogP) is 3.30. The van der Waals surface area contributed by atoms with Gasteiger partial charge in [-0.05, 0) is 57.1 Å². The smallest absolute Gasteiger partial charge is 0.0699 e. The summed E-state index contributed by atoms with van der Waals surface area (Å²) in [6, 6.07) is 0.548. The lowest BCUT2D eigenvalue weighted by Crippen LogP contribution is -2.32. The molecule has 4 nitrogen and oxygen atoms in total. The van der Waals surface area contributed by atoms with Crippen LogP contribution in [0.15, 0.2) is 10.7 Å². The first-order chi connectivity index (χ1) is 8.32. The summed E-state index contributed by atoms with van der Waals surface area (Å²) in [6.45, 7) is 8.47. The molecule has 0 saturated heterocycles. The van der Waals surface area contributed by atoms with Crippen LogP contribution in [0.4, 0.5) is 0 Å². The van der Waals surface area contributed by atoms with Gasteiger partial charge in [0.1, 0.15) is 0 Å². The second-order valence-corrected chi connectivity index (χ2v) is 6.28. The second-order valence-electron chi connectivity index (χ2n) is 5.43. The highest BCUT2D eigenvalue weighted by Crippen LogP contribution is 2.31. The predicted molar refractivity (Wildman–Crippen MR) is 77.8 cm³/mol. The zero-order valence-corrected chi connectivity index (χ0v) is 13.7. The molecule has 1 aromatic rings. The van der Waals surface area contributed by atoms with E-state index in [-0.39, 0.29) is 11.6 Å². The molecule has 0 aromatic carbocycles. The molecule has 1 rings (SSSR count). The van der Waals surface area contributed by atoms with Gasteiger partial charge in [-0.2, -0.15) is 5.10 Å². The van der Waals surface area contributed by atoms with Crippen LogP contribution in [0.3, 0.4) is 0 Å². The van der Waals surface area contributed by atoms with Crippen LogP contribution in [-0.2, 0) is 4.74 Å². The molecule has 0 aliphatic carbocycles. The molecule has 1 atom stereocenters. The normalized spacial score (nSPS) is 14.2. The van der Waals surface area contributed by atoms with E-state index in [1.54, 1.807) is 7.11 Å². The fourth-order valence-corrected chi connectivity index (χ4v) is 2.55. The number of nitrogens with zero attached hydrogens (tertiary/aromatic N) is 2. The van der Waals surface area contributed by atoms with Crippen LogP contribution in [0.1, 0.15) is 51.9 Å². The maximum Gasteiger partial charge on any atom is 0.0699 e. The second kappa shape index (κ2) is 6.17. The van der Waals surface area contributed by atoms with Crippen molar-refractivity contribution in [2.75, 3.05) is 14.2 Å². The summed E-state index contributed by atoms with van der Waals surface area (Å²) in [5, 5.41) is 7.79. The minimum absolute atomic E-state index is 0.167. The highest BCUT2D eigenvalue weighted by molar-refractivity contribution is 9.10. The molecule has 0 bridgehead atoms. The van der Waals surface area contributed by atoms with Crippen molar-refractivity contribution in [2.24, 2.45) is 0 Å². The molecule has 1 unspecified atom stereocenters. The Hall–Kier alpha value is -0.390. The van der Waals surface area contributed by atoms with Gasteiger partial charge >= 0.3 is 0 Å². The number of nitrogens with one attached hydrogen (secondary N) is 1. The molecule has 0 radical (unpaired) electrons. The van der Waals surface area contributed by atoms with E-state index in [0.717, 1.165) is 10.9 Å². The number of rotatable bonds is 6. The number of ether oxygens (including phenoxy) is 1. The topological polar surface area (TPSA) is 39.1 Å². The van der Waals surface area contributed by atoms with Crippen LogP contribution >= 0.6 is 15.9 Å². The van der Waals surface area contributed by atoms with Crippen LogP contribution in [-0.4, -0.2) is 29.5 Å². The lowest BCUT2D eigenvalue weighted by atomic mass is 9.96. The molecule has 0 fully saturated rings. The van der Waals surface area contributed by atoms with Gasteiger partial charge in [0.15, 0.2) is 0 Å². The minimum Gasteiger partial charge on any atom is -0.379 e. The van der Waals surface area contributed by atoms with E-state index in [2.05, 4.69) is 58.7 Å². The Morgan fingerprint density at radius 1 is 1.50 bits per heavy atom. The molecule has 0 aliphatic rings. The SMILES string of the molecule is CNC(CC(C)(C)OC)c1c(Br)cnn1C(C)C. The molecular formula is C13H24BrN3O. The third-order valence-electron chi connectivity index (χ3n) is 3.20. The third kappa shape index (κ3) is 3.56. The Balaban J connectivity index is 3.05.